The Bertz CT molecular complexity index is 203. The van der Waals surface area contributed by atoms with E-state index in [2.05, 4.69) is 12.2 Å². The van der Waals surface area contributed by atoms with Crippen molar-refractivity contribution in [3.63, 3.8) is 0 Å². The van der Waals surface area contributed by atoms with Crippen molar-refractivity contribution < 1.29 is 14.6 Å². The van der Waals surface area contributed by atoms with Crippen molar-refractivity contribution in [2.75, 3.05) is 19.8 Å². The Balaban J connectivity index is 4.10. The summed E-state index contributed by atoms with van der Waals surface area (Å²) < 4.78 is 5.18. The van der Waals surface area contributed by atoms with Gasteiger partial charge in [0.1, 0.15) is 6.61 Å². The lowest BCUT2D eigenvalue weighted by Gasteiger charge is -2.30. The molecule has 1 amide bonds. The molecule has 0 aliphatic rings. The van der Waals surface area contributed by atoms with Crippen LogP contribution in [0, 0.1) is 5.41 Å². The highest BCUT2D eigenvalue weighted by molar-refractivity contribution is 5.67. The molecule has 0 fully saturated rings. The largest absolute Gasteiger partial charge is 0.449 e. The highest BCUT2D eigenvalue weighted by atomic mass is 16.5. The summed E-state index contributed by atoms with van der Waals surface area (Å²) in [6, 6.07) is 0. The number of ether oxygens (including phenoxy) is 1. The van der Waals surface area contributed by atoms with Gasteiger partial charge in [0, 0.05) is 12.0 Å². The number of amides is 1. The Labute approximate surface area is 105 Å². The molecule has 0 spiro atoms. The van der Waals surface area contributed by atoms with Crippen LogP contribution in [0.2, 0.25) is 0 Å². The average Bonchev–Trinajstić information content (AvgIpc) is 2.37. The molecule has 0 unspecified atom stereocenters. The number of rotatable bonds is 9. The summed E-state index contributed by atoms with van der Waals surface area (Å²) in [5.41, 5.74) is -0.264. The van der Waals surface area contributed by atoms with Gasteiger partial charge in [0.25, 0.3) is 0 Å². The van der Waals surface area contributed by atoms with Gasteiger partial charge in [-0.05, 0) is 19.3 Å². The van der Waals surface area contributed by atoms with Crippen molar-refractivity contribution in [1.29, 1.82) is 0 Å². The number of hydrogen-bond acceptors (Lipinski definition) is 3. The molecule has 4 heteroatoms. The summed E-state index contributed by atoms with van der Waals surface area (Å²) in [6.45, 7) is 7.14. The van der Waals surface area contributed by atoms with Gasteiger partial charge in [-0.3, -0.25) is 0 Å². The Hall–Kier alpha value is -0.770. The first-order valence-electron chi connectivity index (χ1n) is 6.65. The van der Waals surface area contributed by atoms with E-state index in [9.17, 15) is 9.90 Å². The number of aliphatic hydroxyl groups excluding tert-OH is 1. The van der Waals surface area contributed by atoms with Crippen molar-refractivity contribution in [2.45, 2.75) is 52.9 Å². The molecule has 0 saturated heterocycles. The lowest BCUT2D eigenvalue weighted by Crippen LogP contribution is -2.35. The zero-order chi connectivity index (χ0) is 13.1. The molecule has 0 saturated carbocycles. The summed E-state index contributed by atoms with van der Waals surface area (Å²) in [7, 11) is 0. The molecule has 0 bridgehead atoms. The van der Waals surface area contributed by atoms with E-state index in [1.807, 2.05) is 13.8 Å². The summed E-state index contributed by atoms with van der Waals surface area (Å²) >= 11 is 0. The van der Waals surface area contributed by atoms with Crippen LogP contribution in [0.15, 0.2) is 0 Å². The Kier molecular flexibility index (Phi) is 8.86. The van der Waals surface area contributed by atoms with E-state index in [1.165, 1.54) is 0 Å². The second-order valence-electron chi connectivity index (χ2n) is 4.62. The topological polar surface area (TPSA) is 58.6 Å². The summed E-state index contributed by atoms with van der Waals surface area (Å²) in [4.78, 5) is 11.3. The zero-order valence-corrected chi connectivity index (χ0v) is 11.4. The van der Waals surface area contributed by atoms with Crippen LogP contribution in [-0.4, -0.2) is 31.0 Å². The molecule has 0 radical (unpaired) electrons. The van der Waals surface area contributed by atoms with E-state index in [4.69, 9.17) is 4.74 Å². The van der Waals surface area contributed by atoms with Crippen LogP contribution in [0.1, 0.15) is 52.9 Å². The molecule has 102 valence electrons. The highest BCUT2D eigenvalue weighted by Crippen LogP contribution is 2.28. The molecule has 2 N–H and O–H groups in total. The van der Waals surface area contributed by atoms with Crippen LogP contribution in [0.3, 0.4) is 0 Å². The minimum absolute atomic E-state index is 0.0740. The molecule has 0 aliphatic carbocycles. The molecule has 0 aromatic heterocycles. The number of carbonyl (C=O) groups excluding carboxylic acids is 1. The Morgan fingerprint density at radius 1 is 1.29 bits per heavy atom. The molecule has 0 heterocycles. The van der Waals surface area contributed by atoms with Gasteiger partial charge in [-0.1, -0.05) is 33.6 Å². The second kappa shape index (κ2) is 9.28. The van der Waals surface area contributed by atoms with Gasteiger partial charge in [-0.25, -0.2) is 4.79 Å². The summed E-state index contributed by atoms with van der Waals surface area (Å²) in [5.74, 6) is 0. The molecule has 0 rings (SSSR count). The fourth-order valence-electron chi connectivity index (χ4n) is 1.64. The van der Waals surface area contributed by atoms with Crippen LogP contribution in [-0.2, 0) is 4.74 Å². The average molecular weight is 245 g/mol. The van der Waals surface area contributed by atoms with E-state index < -0.39 is 0 Å². The predicted molar refractivity (Wildman–Crippen MR) is 69.0 cm³/mol. The van der Waals surface area contributed by atoms with Crippen LogP contribution in [0.25, 0.3) is 0 Å². The van der Waals surface area contributed by atoms with E-state index in [0.717, 1.165) is 32.1 Å². The maximum absolute atomic E-state index is 11.3. The Morgan fingerprint density at radius 2 is 2.00 bits per heavy atom. The number of hydrogen-bond donors (Lipinski definition) is 2. The monoisotopic (exact) mass is 245 g/mol. The van der Waals surface area contributed by atoms with Gasteiger partial charge < -0.3 is 15.2 Å². The second-order valence-corrected chi connectivity index (χ2v) is 4.62. The fourth-order valence-corrected chi connectivity index (χ4v) is 1.64. The molecule has 4 nitrogen and oxygen atoms in total. The van der Waals surface area contributed by atoms with Gasteiger partial charge >= 0.3 is 6.09 Å². The molecule has 0 aromatic rings. The van der Waals surface area contributed by atoms with Crippen LogP contribution in [0.4, 0.5) is 4.79 Å². The molecular formula is C13H27NO3. The molecule has 17 heavy (non-hydrogen) atoms. The fraction of sp³-hybridized carbons (Fsp3) is 0.923. The van der Waals surface area contributed by atoms with Gasteiger partial charge in [0.15, 0.2) is 0 Å². The lowest BCUT2D eigenvalue weighted by atomic mass is 9.82. The number of carbonyl (C=O) groups is 1. The third-order valence-electron chi connectivity index (χ3n) is 3.17. The van der Waals surface area contributed by atoms with E-state index in [1.54, 1.807) is 0 Å². The molecule has 0 aromatic carbocycles. The first kappa shape index (κ1) is 16.2. The maximum atomic E-state index is 11.3. The minimum Gasteiger partial charge on any atom is -0.449 e. The van der Waals surface area contributed by atoms with E-state index in [-0.39, 0.29) is 18.1 Å². The smallest absolute Gasteiger partial charge is 0.407 e. The van der Waals surface area contributed by atoms with Crippen molar-refractivity contribution in [1.82, 2.24) is 5.32 Å². The lowest BCUT2D eigenvalue weighted by molar-refractivity contribution is 0.0273. The first-order valence-corrected chi connectivity index (χ1v) is 6.65. The highest BCUT2D eigenvalue weighted by Gasteiger charge is 2.28. The van der Waals surface area contributed by atoms with Gasteiger partial charge in [-0.2, -0.15) is 0 Å². The van der Waals surface area contributed by atoms with Crippen molar-refractivity contribution in [3.8, 4) is 0 Å². The number of alkyl carbamates (subject to hydrolysis) is 1. The van der Waals surface area contributed by atoms with Crippen LogP contribution in [0.5, 0.6) is 0 Å². The van der Waals surface area contributed by atoms with E-state index in [0.29, 0.717) is 13.2 Å². The molecule has 0 aliphatic heterocycles. The van der Waals surface area contributed by atoms with Crippen LogP contribution < -0.4 is 5.32 Å². The van der Waals surface area contributed by atoms with E-state index >= 15 is 0 Å². The van der Waals surface area contributed by atoms with Gasteiger partial charge in [-0.15, -0.1) is 0 Å². The molecular weight excluding hydrogens is 218 g/mol. The van der Waals surface area contributed by atoms with Crippen molar-refractivity contribution in [3.05, 3.63) is 0 Å². The third-order valence-corrected chi connectivity index (χ3v) is 3.17. The normalized spacial score (nSPS) is 14.1. The standard InChI is InChI=1S/C13H27NO3/c1-4-7-8-13(6-3,10-15)11-17-12(16)14-9-5-2/h15H,4-11H2,1-3H3,(H,14,16)/t13-/m1/s1. The summed E-state index contributed by atoms with van der Waals surface area (Å²) in [6.07, 6.45) is 4.37. The zero-order valence-electron chi connectivity index (χ0n) is 11.4. The third kappa shape index (κ3) is 6.51. The van der Waals surface area contributed by atoms with Crippen molar-refractivity contribution >= 4 is 6.09 Å². The number of unbranched alkanes of at least 4 members (excludes halogenated alkanes) is 1. The van der Waals surface area contributed by atoms with Crippen LogP contribution >= 0.6 is 0 Å². The molecule has 1 atom stereocenters. The van der Waals surface area contributed by atoms with Gasteiger partial charge in [0.2, 0.25) is 0 Å². The summed E-state index contributed by atoms with van der Waals surface area (Å²) in [5, 5.41) is 12.1. The van der Waals surface area contributed by atoms with Crippen molar-refractivity contribution in [2.24, 2.45) is 5.41 Å². The first-order chi connectivity index (χ1) is 8.14. The minimum atomic E-state index is -0.380. The number of aliphatic hydroxyl groups is 1. The number of nitrogens with one attached hydrogen (secondary N) is 1. The van der Waals surface area contributed by atoms with Gasteiger partial charge in [0.05, 0.1) is 6.61 Å². The quantitative estimate of drug-likeness (QED) is 0.656. The maximum Gasteiger partial charge on any atom is 0.407 e. The predicted octanol–water partition coefficient (Wildman–Crippen LogP) is 2.70. The Morgan fingerprint density at radius 3 is 2.47 bits per heavy atom. The SMILES string of the molecule is CCCC[C@](CC)(CO)COC(=O)NCCC.